The molecule has 2 aromatic carbocycles. The van der Waals surface area contributed by atoms with Gasteiger partial charge in [0.1, 0.15) is 5.75 Å². The van der Waals surface area contributed by atoms with Crippen molar-refractivity contribution >= 4 is 23.9 Å². The third kappa shape index (κ3) is 1.77. The van der Waals surface area contributed by atoms with Gasteiger partial charge in [0, 0.05) is 12.1 Å². The van der Waals surface area contributed by atoms with Crippen molar-refractivity contribution in [3.63, 3.8) is 0 Å². The SMILES string of the molecule is O=[N+]([O-])c1cccc(B2Nc3ccccc3O2)c1. The number of non-ortho nitro benzene ring substituents is 1. The summed E-state index contributed by atoms with van der Waals surface area (Å²) in [5.74, 6) is 0.758. The molecule has 5 nitrogen and oxygen atoms in total. The first-order valence-corrected chi connectivity index (χ1v) is 5.50. The third-order valence-electron chi connectivity index (χ3n) is 2.80. The van der Waals surface area contributed by atoms with E-state index in [0.717, 1.165) is 16.9 Å². The van der Waals surface area contributed by atoms with Crippen LogP contribution in [-0.4, -0.2) is 12.0 Å². The minimum atomic E-state index is -0.411. The molecule has 0 amide bonds. The second-order valence-electron chi connectivity index (χ2n) is 3.99. The first-order valence-electron chi connectivity index (χ1n) is 5.50. The van der Waals surface area contributed by atoms with Crippen LogP contribution in [0.2, 0.25) is 0 Å². The van der Waals surface area contributed by atoms with E-state index < -0.39 is 4.92 Å². The van der Waals surface area contributed by atoms with Crippen molar-refractivity contribution in [2.75, 3.05) is 5.23 Å². The second kappa shape index (κ2) is 4.07. The van der Waals surface area contributed by atoms with Crippen LogP contribution in [0.25, 0.3) is 0 Å². The van der Waals surface area contributed by atoms with Gasteiger partial charge in [-0.25, -0.2) is 0 Å². The fourth-order valence-electron chi connectivity index (χ4n) is 1.94. The Morgan fingerprint density at radius 3 is 2.78 bits per heavy atom. The average Bonchev–Trinajstić information content (AvgIpc) is 2.82. The lowest BCUT2D eigenvalue weighted by atomic mass is 9.74. The fraction of sp³-hybridized carbons (Fsp3) is 0. The number of nitro benzene ring substituents is 1. The van der Waals surface area contributed by atoms with E-state index in [-0.39, 0.29) is 12.7 Å². The van der Waals surface area contributed by atoms with E-state index in [1.807, 2.05) is 24.3 Å². The molecule has 6 heteroatoms. The van der Waals surface area contributed by atoms with Gasteiger partial charge in [-0.3, -0.25) is 10.1 Å². The van der Waals surface area contributed by atoms with Crippen LogP contribution in [0, 0.1) is 10.1 Å². The summed E-state index contributed by atoms with van der Waals surface area (Å²) in [4.78, 5) is 10.3. The van der Waals surface area contributed by atoms with Gasteiger partial charge in [-0.15, -0.1) is 0 Å². The van der Waals surface area contributed by atoms with Crippen LogP contribution in [0.15, 0.2) is 48.5 Å². The van der Waals surface area contributed by atoms with Crippen molar-refractivity contribution in [1.29, 1.82) is 0 Å². The van der Waals surface area contributed by atoms with Gasteiger partial charge in [0.2, 0.25) is 0 Å². The van der Waals surface area contributed by atoms with Gasteiger partial charge in [-0.05, 0) is 17.6 Å². The molecule has 1 aliphatic heterocycles. The van der Waals surface area contributed by atoms with Crippen LogP contribution in [0.4, 0.5) is 11.4 Å². The summed E-state index contributed by atoms with van der Waals surface area (Å²) < 4.78 is 5.69. The van der Waals surface area contributed by atoms with E-state index in [2.05, 4.69) is 5.23 Å². The fourth-order valence-corrected chi connectivity index (χ4v) is 1.94. The molecule has 0 aromatic heterocycles. The average molecular weight is 240 g/mol. The van der Waals surface area contributed by atoms with Crippen LogP contribution >= 0.6 is 0 Å². The van der Waals surface area contributed by atoms with Crippen molar-refractivity contribution in [3.8, 4) is 5.75 Å². The number of fused-ring (bicyclic) bond motifs is 1. The number of hydrogen-bond donors (Lipinski definition) is 1. The van der Waals surface area contributed by atoms with Gasteiger partial charge in [-0.1, -0.05) is 24.3 Å². The monoisotopic (exact) mass is 240 g/mol. The molecular weight excluding hydrogens is 231 g/mol. The van der Waals surface area contributed by atoms with Crippen LogP contribution in [0.5, 0.6) is 5.75 Å². The quantitative estimate of drug-likeness (QED) is 0.493. The number of anilines is 1. The molecule has 3 rings (SSSR count). The molecule has 1 heterocycles. The zero-order valence-corrected chi connectivity index (χ0v) is 9.37. The van der Waals surface area contributed by atoms with Gasteiger partial charge in [0.05, 0.1) is 10.6 Å². The molecule has 1 aliphatic rings. The molecule has 0 atom stereocenters. The van der Waals surface area contributed by atoms with Crippen LogP contribution < -0.4 is 15.3 Å². The minimum Gasteiger partial charge on any atom is -0.536 e. The topological polar surface area (TPSA) is 64.4 Å². The third-order valence-corrected chi connectivity index (χ3v) is 2.80. The zero-order valence-electron chi connectivity index (χ0n) is 9.37. The first-order chi connectivity index (χ1) is 8.74. The summed E-state index contributed by atoms with van der Waals surface area (Å²) >= 11 is 0. The minimum absolute atomic E-state index is 0.0638. The molecule has 0 unspecified atom stereocenters. The smallest absolute Gasteiger partial charge is 0.517 e. The van der Waals surface area contributed by atoms with E-state index in [9.17, 15) is 10.1 Å². The van der Waals surface area contributed by atoms with E-state index in [1.165, 1.54) is 12.1 Å². The summed E-state index contributed by atoms with van der Waals surface area (Å²) in [5, 5.41) is 13.9. The maximum atomic E-state index is 10.7. The molecule has 0 fully saturated rings. The Bertz CT molecular complexity index is 593. The Kier molecular flexibility index (Phi) is 2.41. The highest BCUT2D eigenvalue weighted by Crippen LogP contribution is 2.29. The van der Waals surface area contributed by atoms with E-state index in [4.69, 9.17) is 4.65 Å². The predicted octanol–water partition coefficient (Wildman–Crippen LogP) is 1.79. The van der Waals surface area contributed by atoms with Crippen molar-refractivity contribution in [3.05, 3.63) is 58.6 Å². The van der Waals surface area contributed by atoms with Crippen molar-refractivity contribution in [2.45, 2.75) is 0 Å². The van der Waals surface area contributed by atoms with Crippen LogP contribution in [0.1, 0.15) is 0 Å². The van der Waals surface area contributed by atoms with Gasteiger partial charge >= 0.3 is 7.05 Å². The number of nitrogens with one attached hydrogen (secondary N) is 1. The summed E-state index contributed by atoms with van der Waals surface area (Å²) in [7, 11) is -0.373. The van der Waals surface area contributed by atoms with Gasteiger partial charge in [0.15, 0.2) is 0 Å². The van der Waals surface area contributed by atoms with E-state index in [0.29, 0.717) is 0 Å². The summed E-state index contributed by atoms with van der Waals surface area (Å²) in [6.07, 6.45) is 0. The lowest BCUT2D eigenvalue weighted by Crippen LogP contribution is -2.40. The maximum Gasteiger partial charge on any atom is 0.517 e. The van der Waals surface area contributed by atoms with Crippen molar-refractivity contribution in [2.24, 2.45) is 0 Å². The molecule has 0 saturated heterocycles. The number of nitro groups is 1. The zero-order chi connectivity index (χ0) is 12.5. The summed E-state index contributed by atoms with van der Waals surface area (Å²) in [5.41, 5.74) is 1.70. The van der Waals surface area contributed by atoms with E-state index in [1.54, 1.807) is 12.1 Å². The Balaban J connectivity index is 1.90. The summed E-state index contributed by atoms with van der Waals surface area (Å²) in [6.45, 7) is 0. The molecule has 0 aliphatic carbocycles. The lowest BCUT2D eigenvalue weighted by molar-refractivity contribution is -0.384. The maximum absolute atomic E-state index is 10.7. The van der Waals surface area contributed by atoms with Gasteiger partial charge in [-0.2, -0.15) is 0 Å². The number of hydrogen-bond acceptors (Lipinski definition) is 4. The Labute approximate surface area is 104 Å². The molecular formula is C12H9BN2O3. The molecule has 2 aromatic rings. The normalized spacial score (nSPS) is 12.6. The highest BCUT2D eigenvalue weighted by Gasteiger charge is 2.30. The Morgan fingerprint density at radius 1 is 1.17 bits per heavy atom. The second-order valence-corrected chi connectivity index (χ2v) is 3.99. The molecule has 18 heavy (non-hydrogen) atoms. The van der Waals surface area contributed by atoms with E-state index >= 15 is 0 Å². The number of para-hydroxylation sites is 2. The molecule has 0 radical (unpaired) electrons. The Morgan fingerprint density at radius 2 is 2.00 bits per heavy atom. The Hall–Kier alpha value is -2.50. The number of nitrogens with zero attached hydrogens (tertiary/aromatic N) is 1. The standard InChI is InChI=1S/C12H9BN2O3/c16-15(17)10-5-3-4-9(8-10)13-14-11-6-1-2-7-12(11)18-13/h1-8,14H. The molecule has 1 N–H and O–H groups in total. The number of benzene rings is 2. The molecule has 0 saturated carbocycles. The molecule has 0 spiro atoms. The van der Waals surface area contributed by atoms with Crippen molar-refractivity contribution in [1.82, 2.24) is 0 Å². The van der Waals surface area contributed by atoms with Gasteiger partial charge < -0.3 is 9.88 Å². The largest absolute Gasteiger partial charge is 0.536 e. The van der Waals surface area contributed by atoms with Crippen molar-refractivity contribution < 1.29 is 9.58 Å². The lowest BCUT2D eigenvalue weighted by Gasteiger charge is -2.05. The summed E-state index contributed by atoms with van der Waals surface area (Å²) in [6, 6.07) is 14.0. The van der Waals surface area contributed by atoms with Crippen LogP contribution in [0.3, 0.4) is 0 Å². The number of rotatable bonds is 2. The first kappa shape index (κ1) is 10.6. The predicted molar refractivity (Wildman–Crippen MR) is 69.2 cm³/mol. The highest BCUT2D eigenvalue weighted by molar-refractivity contribution is 6.72. The molecule has 0 bridgehead atoms. The highest BCUT2D eigenvalue weighted by atomic mass is 16.6. The van der Waals surface area contributed by atoms with Crippen LogP contribution in [-0.2, 0) is 0 Å². The van der Waals surface area contributed by atoms with Gasteiger partial charge in [0.25, 0.3) is 5.69 Å². The molecule has 88 valence electrons.